The number of aryl methyl sites for hydroxylation is 1. The number of ketones is 1. The van der Waals surface area contributed by atoms with Crippen LogP contribution in [0, 0.1) is 17.2 Å². The number of hydrogen-bond acceptors (Lipinski definition) is 5. The molecule has 210 valence electrons. The maximum atomic E-state index is 12.7. The predicted molar refractivity (Wildman–Crippen MR) is 162 cm³/mol. The summed E-state index contributed by atoms with van der Waals surface area (Å²) in [5, 5.41) is 16.8. The maximum Gasteiger partial charge on any atom is 0.165 e. The number of carbonyl (C=O) groups is 1. The highest BCUT2D eigenvalue weighted by atomic mass is 16.5. The Bertz CT molecular complexity index is 1540. The predicted octanol–water partition coefficient (Wildman–Crippen LogP) is 6.13. The molecule has 1 aromatic carbocycles. The molecule has 0 spiro atoms. The molecular formula is C34H42N4O2. The van der Waals surface area contributed by atoms with Crippen LogP contribution in [0.4, 0.5) is 0 Å². The van der Waals surface area contributed by atoms with Crippen LogP contribution in [-0.2, 0) is 13.0 Å². The van der Waals surface area contributed by atoms with Gasteiger partial charge in [0.2, 0.25) is 0 Å². The van der Waals surface area contributed by atoms with E-state index >= 15 is 0 Å². The third kappa shape index (κ3) is 7.15. The largest absolute Gasteiger partial charge is 0.492 e. The van der Waals surface area contributed by atoms with Crippen molar-refractivity contribution in [3.63, 3.8) is 0 Å². The molecule has 2 aromatic heterocycles. The second kappa shape index (κ2) is 14.4. The average Bonchev–Trinajstić information content (AvgIpc) is 3.33. The fourth-order valence-corrected chi connectivity index (χ4v) is 4.88. The van der Waals surface area contributed by atoms with Gasteiger partial charge in [0.05, 0.1) is 42.2 Å². The smallest absolute Gasteiger partial charge is 0.165 e. The van der Waals surface area contributed by atoms with Gasteiger partial charge in [0.1, 0.15) is 11.8 Å². The lowest BCUT2D eigenvalue weighted by atomic mass is 9.93. The molecule has 0 atom stereocenters. The topological polar surface area (TPSA) is 80.8 Å². The van der Waals surface area contributed by atoms with E-state index in [9.17, 15) is 10.1 Å². The highest BCUT2D eigenvalue weighted by Crippen LogP contribution is 2.22. The molecule has 6 heteroatoms. The standard InChI is InChI=1S/C34H42N4O2/c1-8-12-24(7)16-30(33-27(19-35)18-28(20-36-33)40-11-4)31-21-37-38(32(31)13-9-2)22-25-14-15-29(26(10-3)17-25)34(39)23(5)6/h13-18,20-21,23H,8-12,22H2,1-7H3/b24-16+,31-30+,32-13+. The fourth-order valence-electron chi connectivity index (χ4n) is 4.88. The zero-order chi connectivity index (χ0) is 29.2. The summed E-state index contributed by atoms with van der Waals surface area (Å²) in [5.41, 5.74) is 6.14. The molecule has 0 fully saturated rings. The first-order valence-electron chi connectivity index (χ1n) is 14.4. The van der Waals surface area contributed by atoms with Gasteiger partial charge in [-0.1, -0.05) is 77.0 Å². The van der Waals surface area contributed by atoms with Crippen LogP contribution >= 0.6 is 0 Å². The molecule has 3 rings (SSSR count). The van der Waals surface area contributed by atoms with Gasteiger partial charge in [0.15, 0.2) is 5.78 Å². The Kier molecular flexibility index (Phi) is 11.0. The molecule has 0 radical (unpaired) electrons. The van der Waals surface area contributed by atoms with Crippen LogP contribution < -0.4 is 15.3 Å². The van der Waals surface area contributed by atoms with Crippen molar-refractivity contribution < 1.29 is 9.53 Å². The number of aromatic nitrogens is 3. The summed E-state index contributed by atoms with van der Waals surface area (Å²) in [6.45, 7) is 15.3. The van der Waals surface area contributed by atoms with Crippen LogP contribution in [0.5, 0.6) is 5.75 Å². The minimum atomic E-state index is -0.0386. The quantitative estimate of drug-likeness (QED) is 0.259. The molecule has 0 bridgehead atoms. The van der Waals surface area contributed by atoms with Gasteiger partial charge in [0.25, 0.3) is 0 Å². The number of benzene rings is 1. The monoisotopic (exact) mass is 538 g/mol. The minimum absolute atomic E-state index is 0.0386. The number of carbonyl (C=O) groups excluding carboxylic acids is 1. The molecular weight excluding hydrogens is 496 g/mol. The van der Waals surface area contributed by atoms with Crippen molar-refractivity contribution in [1.82, 2.24) is 14.8 Å². The molecule has 0 aliphatic heterocycles. The van der Waals surface area contributed by atoms with E-state index in [4.69, 9.17) is 14.8 Å². The van der Waals surface area contributed by atoms with Crippen molar-refractivity contribution >= 4 is 17.4 Å². The SMILES string of the molecule is CC\C=c1/c(=C(\C=C(/C)CCC)c2ncc(OCC)cc2C#N)cnn1Cc1ccc(C(=O)C(C)C)c(CC)c1. The van der Waals surface area contributed by atoms with Gasteiger partial charge in [0, 0.05) is 28.3 Å². The number of rotatable bonds is 12. The number of hydrogen-bond donors (Lipinski definition) is 0. The van der Waals surface area contributed by atoms with Crippen LogP contribution in [-0.4, -0.2) is 27.2 Å². The highest BCUT2D eigenvalue weighted by molar-refractivity contribution is 5.98. The fraction of sp³-hybridized carbons (Fsp3) is 0.412. The Balaban J connectivity index is 2.24. The number of nitriles is 1. The summed E-state index contributed by atoms with van der Waals surface area (Å²) in [4.78, 5) is 17.4. The number of pyridine rings is 1. The minimum Gasteiger partial charge on any atom is -0.492 e. The molecule has 0 unspecified atom stereocenters. The van der Waals surface area contributed by atoms with Crippen molar-refractivity contribution in [3.8, 4) is 11.8 Å². The Morgan fingerprint density at radius 2 is 1.93 bits per heavy atom. The van der Waals surface area contributed by atoms with Crippen LogP contribution in [0.1, 0.15) is 100 Å². The Hall–Kier alpha value is -3.98. The third-order valence-electron chi connectivity index (χ3n) is 6.82. The van der Waals surface area contributed by atoms with Crippen molar-refractivity contribution in [1.29, 1.82) is 5.26 Å². The first-order valence-corrected chi connectivity index (χ1v) is 14.4. The van der Waals surface area contributed by atoms with Crippen molar-refractivity contribution in [2.75, 3.05) is 6.61 Å². The second-order valence-corrected chi connectivity index (χ2v) is 10.3. The number of Topliss-reactive ketones (excluding diaryl/α,β-unsaturated/α-hetero) is 1. The molecule has 0 saturated heterocycles. The Morgan fingerprint density at radius 3 is 2.55 bits per heavy atom. The van der Waals surface area contributed by atoms with Crippen molar-refractivity contribution in [2.45, 2.75) is 80.7 Å². The average molecular weight is 539 g/mol. The molecule has 0 aliphatic rings. The van der Waals surface area contributed by atoms with Crippen LogP contribution in [0.3, 0.4) is 0 Å². The zero-order valence-corrected chi connectivity index (χ0v) is 25.0. The van der Waals surface area contributed by atoms with Gasteiger partial charge in [-0.3, -0.25) is 14.5 Å². The molecule has 0 aliphatic carbocycles. The van der Waals surface area contributed by atoms with Crippen molar-refractivity contribution in [2.24, 2.45) is 5.92 Å². The summed E-state index contributed by atoms with van der Waals surface area (Å²) in [7, 11) is 0. The summed E-state index contributed by atoms with van der Waals surface area (Å²) in [6, 6.07) is 10.2. The molecule has 6 nitrogen and oxygen atoms in total. The molecule has 0 amide bonds. The molecule has 0 saturated carbocycles. The second-order valence-electron chi connectivity index (χ2n) is 10.3. The summed E-state index contributed by atoms with van der Waals surface area (Å²) in [6.07, 6.45) is 11.5. The van der Waals surface area contributed by atoms with E-state index in [1.807, 2.05) is 43.8 Å². The Morgan fingerprint density at radius 1 is 1.15 bits per heavy atom. The van der Waals surface area contributed by atoms with Gasteiger partial charge in [-0.05, 0) is 44.2 Å². The molecule has 2 heterocycles. The number of allylic oxidation sites excluding steroid dienone is 2. The molecule has 3 aromatic rings. The van der Waals surface area contributed by atoms with Crippen LogP contribution in [0.25, 0.3) is 11.6 Å². The third-order valence-corrected chi connectivity index (χ3v) is 6.82. The van der Waals surface area contributed by atoms with E-state index in [0.29, 0.717) is 30.2 Å². The van der Waals surface area contributed by atoms with Gasteiger partial charge in [-0.15, -0.1) is 0 Å². The van der Waals surface area contributed by atoms with Gasteiger partial charge < -0.3 is 4.74 Å². The summed E-state index contributed by atoms with van der Waals surface area (Å²) in [5.74, 6) is 0.719. The molecule has 40 heavy (non-hydrogen) atoms. The Labute approximate surface area is 238 Å². The highest BCUT2D eigenvalue weighted by Gasteiger charge is 2.16. The normalized spacial score (nSPS) is 13.0. The van der Waals surface area contributed by atoms with Crippen LogP contribution in [0.2, 0.25) is 0 Å². The van der Waals surface area contributed by atoms with E-state index < -0.39 is 0 Å². The van der Waals surface area contributed by atoms with Gasteiger partial charge in [-0.2, -0.15) is 10.4 Å². The first-order chi connectivity index (χ1) is 19.3. The van der Waals surface area contributed by atoms with E-state index in [-0.39, 0.29) is 11.7 Å². The van der Waals surface area contributed by atoms with E-state index in [1.165, 1.54) is 5.57 Å². The van der Waals surface area contributed by atoms with E-state index in [2.05, 4.69) is 52.0 Å². The summed E-state index contributed by atoms with van der Waals surface area (Å²) < 4.78 is 7.62. The van der Waals surface area contributed by atoms with Gasteiger partial charge in [-0.25, -0.2) is 0 Å². The lowest BCUT2D eigenvalue weighted by Gasteiger charge is -2.12. The maximum absolute atomic E-state index is 12.7. The van der Waals surface area contributed by atoms with Gasteiger partial charge >= 0.3 is 0 Å². The number of nitrogens with zero attached hydrogens (tertiary/aromatic N) is 4. The van der Waals surface area contributed by atoms with Crippen LogP contribution in [0.15, 0.2) is 48.3 Å². The lowest BCUT2D eigenvalue weighted by Crippen LogP contribution is -2.32. The number of ether oxygens (including phenoxy) is 1. The van der Waals surface area contributed by atoms with Crippen molar-refractivity contribution in [3.05, 3.63) is 86.8 Å². The lowest BCUT2D eigenvalue weighted by molar-refractivity contribution is 0.0938. The molecule has 0 N–H and O–H groups in total. The first kappa shape index (κ1) is 30.6. The summed E-state index contributed by atoms with van der Waals surface area (Å²) >= 11 is 0. The van der Waals surface area contributed by atoms with E-state index in [0.717, 1.165) is 58.5 Å². The van der Waals surface area contributed by atoms with E-state index in [1.54, 1.807) is 12.3 Å². The zero-order valence-electron chi connectivity index (χ0n) is 25.0.